The number of carbonyl (C=O) groups excluding carboxylic acids is 1. The lowest BCUT2D eigenvalue weighted by Gasteiger charge is -2.13. The minimum atomic E-state index is -0.999. The summed E-state index contributed by atoms with van der Waals surface area (Å²) in [7, 11) is 0. The fourth-order valence-corrected chi connectivity index (χ4v) is 4.82. The van der Waals surface area contributed by atoms with Gasteiger partial charge in [0.2, 0.25) is 5.89 Å². The molecule has 0 aliphatic rings. The van der Waals surface area contributed by atoms with Crippen molar-refractivity contribution in [2.75, 3.05) is 6.61 Å². The van der Waals surface area contributed by atoms with E-state index in [1.807, 2.05) is 61.5 Å². The predicted octanol–water partition coefficient (Wildman–Crippen LogP) is 7.16. The Hall–Kier alpha value is -5.31. The molecule has 5 rings (SSSR count). The number of nitrogens with one attached hydrogen (secondary N) is 1. The number of nitrogens with zero attached hydrogens (tertiary/aromatic N) is 1. The molecule has 0 fully saturated rings. The average Bonchev–Trinajstić information content (AvgIpc) is 3.39. The van der Waals surface area contributed by atoms with Crippen molar-refractivity contribution in [3.8, 4) is 28.3 Å². The van der Waals surface area contributed by atoms with Crippen LogP contribution < -0.4 is 10.1 Å². The molecule has 5 aromatic rings. The van der Waals surface area contributed by atoms with Crippen molar-refractivity contribution < 1.29 is 32.6 Å². The molecular formula is C35H30F2N2O5. The van der Waals surface area contributed by atoms with E-state index >= 15 is 0 Å². The van der Waals surface area contributed by atoms with Crippen molar-refractivity contribution >= 4 is 11.9 Å². The standard InChI is InChI=1S/C35H30F2N2O5/c1-22-32(39-35(44-22)27-9-5-8-26(18-27)24-6-3-2-4-7-24)14-15-43-30-12-10-25(11-13-33(40)41)31(20-30)34(42)38-21-23-16-28(36)19-29(37)17-23/h2-10,12,16-20H,11,13-15,21H2,1H3,(H,38,42)(H,40,41). The van der Waals surface area contributed by atoms with E-state index in [4.69, 9.17) is 19.2 Å². The molecule has 4 aromatic carbocycles. The summed E-state index contributed by atoms with van der Waals surface area (Å²) in [6, 6.07) is 25.9. The molecule has 0 atom stereocenters. The van der Waals surface area contributed by atoms with Gasteiger partial charge in [0.15, 0.2) is 0 Å². The summed E-state index contributed by atoms with van der Waals surface area (Å²) in [6.45, 7) is 1.98. The third kappa shape index (κ3) is 7.74. The van der Waals surface area contributed by atoms with Crippen LogP contribution in [0.5, 0.6) is 5.75 Å². The molecule has 0 saturated heterocycles. The minimum Gasteiger partial charge on any atom is -0.493 e. The van der Waals surface area contributed by atoms with Gasteiger partial charge in [-0.25, -0.2) is 13.8 Å². The lowest BCUT2D eigenvalue weighted by molar-refractivity contribution is -0.136. The van der Waals surface area contributed by atoms with Gasteiger partial charge in [-0.1, -0.05) is 48.5 Å². The zero-order valence-electron chi connectivity index (χ0n) is 24.0. The topological polar surface area (TPSA) is 102 Å². The summed E-state index contributed by atoms with van der Waals surface area (Å²) in [6.07, 6.45) is 0.401. The molecule has 0 saturated carbocycles. The van der Waals surface area contributed by atoms with E-state index < -0.39 is 23.5 Å². The lowest BCUT2D eigenvalue weighted by atomic mass is 10.0. The van der Waals surface area contributed by atoms with Gasteiger partial charge in [0.25, 0.3) is 5.91 Å². The smallest absolute Gasteiger partial charge is 0.303 e. The summed E-state index contributed by atoms with van der Waals surface area (Å²) in [5, 5.41) is 11.8. The highest BCUT2D eigenvalue weighted by atomic mass is 19.1. The fraction of sp³-hybridized carbons (Fsp3) is 0.171. The zero-order chi connectivity index (χ0) is 31.1. The number of ether oxygens (including phenoxy) is 1. The number of halogens is 2. The third-order valence-corrected chi connectivity index (χ3v) is 7.03. The molecule has 0 aliphatic carbocycles. The highest BCUT2D eigenvalue weighted by molar-refractivity contribution is 5.96. The molecule has 1 heterocycles. The fourth-order valence-electron chi connectivity index (χ4n) is 4.82. The number of aryl methyl sites for hydroxylation is 2. The molecule has 9 heteroatoms. The van der Waals surface area contributed by atoms with Gasteiger partial charge in [-0.3, -0.25) is 9.59 Å². The number of amides is 1. The van der Waals surface area contributed by atoms with Gasteiger partial charge >= 0.3 is 5.97 Å². The Morgan fingerprint density at radius 3 is 2.34 bits per heavy atom. The Morgan fingerprint density at radius 2 is 1.59 bits per heavy atom. The zero-order valence-corrected chi connectivity index (χ0v) is 24.0. The van der Waals surface area contributed by atoms with E-state index in [-0.39, 0.29) is 37.1 Å². The maximum Gasteiger partial charge on any atom is 0.303 e. The normalized spacial score (nSPS) is 10.9. The van der Waals surface area contributed by atoms with Gasteiger partial charge in [-0.05, 0) is 72.0 Å². The van der Waals surface area contributed by atoms with E-state index in [0.717, 1.165) is 40.6 Å². The van der Waals surface area contributed by atoms with Gasteiger partial charge in [-0.15, -0.1) is 0 Å². The van der Waals surface area contributed by atoms with Crippen molar-refractivity contribution in [1.82, 2.24) is 10.3 Å². The Bertz CT molecular complexity index is 1770. The summed E-state index contributed by atoms with van der Waals surface area (Å²) in [5.74, 6) is -1.43. The highest BCUT2D eigenvalue weighted by Crippen LogP contribution is 2.28. The molecule has 0 aliphatic heterocycles. The van der Waals surface area contributed by atoms with Crippen molar-refractivity contribution in [3.63, 3.8) is 0 Å². The third-order valence-electron chi connectivity index (χ3n) is 7.03. The van der Waals surface area contributed by atoms with E-state index in [1.54, 1.807) is 12.1 Å². The van der Waals surface area contributed by atoms with Crippen LogP contribution in [0.3, 0.4) is 0 Å². The van der Waals surface area contributed by atoms with Gasteiger partial charge in [0.05, 0.1) is 12.3 Å². The van der Waals surface area contributed by atoms with Gasteiger partial charge < -0.3 is 19.6 Å². The summed E-state index contributed by atoms with van der Waals surface area (Å²) in [5.41, 5.74) is 4.73. The molecule has 0 bridgehead atoms. The average molecular weight is 597 g/mol. The van der Waals surface area contributed by atoms with Crippen LogP contribution in [0.1, 0.15) is 39.4 Å². The first kappa shape index (κ1) is 30.2. The van der Waals surface area contributed by atoms with Crippen molar-refractivity contribution in [2.24, 2.45) is 0 Å². The number of hydrogen-bond donors (Lipinski definition) is 2. The second-order valence-electron chi connectivity index (χ2n) is 10.2. The number of rotatable bonds is 12. The number of oxazole rings is 1. The maximum atomic E-state index is 13.6. The molecule has 1 aromatic heterocycles. The summed E-state index contributed by atoms with van der Waals surface area (Å²) in [4.78, 5) is 28.9. The van der Waals surface area contributed by atoms with E-state index in [0.29, 0.717) is 29.4 Å². The van der Waals surface area contributed by atoms with Gasteiger partial charge in [0, 0.05) is 36.6 Å². The quantitative estimate of drug-likeness (QED) is 0.158. The minimum absolute atomic E-state index is 0.112. The molecule has 0 spiro atoms. The second kappa shape index (κ2) is 13.8. The van der Waals surface area contributed by atoms with Gasteiger partial charge in [-0.2, -0.15) is 0 Å². The van der Waals surface area contributed by atoms with E-state index in [2.05, 4.69) is 5.32 Å². The van der Waals surface area contributed by atoms with Crippen molar-refractivity contribution in [1.29, 1.82) is 0 Å². The van der Waals surface area contributed by atoms with Crippen LogP contribution in [-0.2, 0) is 24.2 Å². The lowest BCUT2D eigenvalue weighted by Crippen LogP contribution is -2.24. The summed E-state index contributed by atoms with van der Waals surface area (Å²) >= 11 is 0. The Balaban J connectivity index is 1.26. The van der Waals surface area contributed by atoms with Crippen LogP contribution in [0.2, 0.25) is 0 Å². The number of benzene rings is 4. The number of aliphatic carboxylic acids is 1. The first-order chi connectivity index (χ1) is 21.2. The van der Waals surface area contributed by atoms with Crippen molar-refractivity contribution in [2.45, 2.75) is 32.7 Å². The number of carbonyl (C=O) groups is 2. The maximum absolute atomic E-state index is 13.6. The Morgan fingerprint density at radius 1 is 0.864 bits per heavy atom. The first-order valence-electron chi connectivity index (χ1n) is 14.1. The van der Waals surface area contributed by atoms with Crippen LogP contribution in [0.4, 0.5) is 8.78 Å². The number of carboxylic acids is 1. The Kier molecular flexibility index (Phi) is 9.44. The highest BCUT2D eigenvalue weighted by Gasteiger charge is 2.16. The van der Waals surface area contributed by atoms with Crippen LogP contribution >= 0.6 is 0 Å². The van der Waals surface area contributed by atoms with Crippen LogP contribution in [0.25, 0.3) is 22.6 Å². The molecular weight excluding hydrogens is 566 g/mol. The number of hydrogen-bond acceptors (Lipinski definition) is 5. The molecule has 0 unspecified atom stereocenters. The molecule has 224 valence electrons. The Labute approximate surface area is 253 Å². The van der Waals surface area contributed by atoms with Crippen LogP contribution in [-0.4, -0.2) is 28.6 Å². The molecule has 0 radical (unpaired) electrons. The van der Waals surface area contributed by atoms with Gasteiger partial charge in [0.1, 0.15) is 23.1 Å². The van der Waals surface area contributed by atoms with E-state index in [9.17, 15) is 18.4 Å². The van der Waals surface area contributed by atoms with Crippen LogP contribution in [0.15, 0.2) is 95.4 Å². The number of aromatic nitrogens is 1. The van der Waals surface area contributed by atoms with Crippen molar-refractivity contribution in [3.05, 3.63) is 131 Å². The SMILES string of the molecule is Cc1oc(-c2cccc(-c3ccccc3)c2)nc1CCOc1ccc(CCC(=O)O)c(C(=O)NCc2cc(F)cc(F)c2)c1. The van der Waals surface area contributed by atoms with Crippen LogP contribution in [0, 0.1) is 18.6 Å². The second-order valence-corrected chi connectivity index (χ2v) is 10.2. The monoisotopic (exact) mass is 596 g/mol. The summed E-state index contributed by atoms with van der Waals surface area (Å²) < 4.78 is 39.1. The molecule has 1 amide bonds. The van der Waals surface area contributed by atoms with E-state index in [1.165, 1.54) is 6.07 Å². The predicted molar refractivity (Wildman–Crippen MR) is 161 cm³/mol. The largest absolute Gasteiger partial charge is 0.493 e. The molecule has 7 nitrogen and oxygen atoms in total. The molecule has 44 heavy (non-hydrogen) atoms. The molecule has 2 N–H and O–H groups in total. The first-order valence-corrected chi connectivity index (χ1v) is 14.1. The number of carboxylic acid groups (broad SMARTS) is 1.